The summed E-state index contributed by atoms with van der Waals surface area (Å²) in [4.78, 5) is 13.4. The highest BCUT2D eigenvalue weighted by Crippen LogP contribution is 2.14. The predicted octanol–water partition coefficient (Wildman–Crippen LogP) is -0.286. The molecule has 18 heavy (non-hydrogen) atoms. The fourth-order valence-corrected chi connectivity index (χ4v) is 1.79. The fraction of sp³-hybridized carbons (Fsp3) is 0.900. The number of halogens is 3. The highest BCUT2D eigenvalue weighted by Gasteiger charge is 2.28. The predicted molar refractivity (Wildman–Crippen MR) is 58.9 cm³/mol. The summed E-state index contributed by atoms with van der Waals surface area (Å²) in [5, 5.41) is 3.10. The van der Waals surface area contributed by atoms with Crippen molar-refractivity contribution in [3.63, 3.8) is 0 Å². The van der Waals surface area contributed by atoms with Crippen LogP contribution in [-0.4, -0.2) is 62.4 Å². The van der Waals surface area contributed by atoms with E-state index in [1.54, 1.807) is 4.90 Å². The number of carbonyl (C=O) groups is 1. The van der Waals surface area contributed by atoms with Gasteiger partial charge in [-0.2, -0.15) is 13.2 Å². The number of nitrogens with two attached hydrogens (primary N) is 1. The standard InChI is InChI=1S/C10H18F3N3O2/c11-10(12,13)7-18-4-1-9(17)16-3-2-15-6-8(16)5-14/h8,15H,1-7,14H2. The zero-order chi connectivity index (χ0) is 13.6. The summed E-state index contributed by atoms with van der Waals surface area (Å²) >= 11 is 0. The van der Waals surface area contributed by atoms with Crippen LogP contribution in [0.5, 0.6) is 0 Å². The van der Waals surface area contributed by atoms with Gasteiger partial charge in [-0.15, -0.1) is 0 Å². The molecule has 0 radical (unpaired) electrons. The molecule has 8 heteroatoms. The van der Waals surface area contributed by atoms with Gasteiger partial charge in [0.25, 0.3) is 0 Å². The van der Waals surface area contributed by atoms with Gasteiger partial charge in [-0.05, 0) is 0 Å². The lowest BCUT2D eigenvalue weighted by molar-refractivity contribution is -0.175. The third kappa shape index (κ3) is 5.19. The minimum absolute atomic E-state index is 0.0490. The van der Waals surface area contributed by atoms with Crippen LogP contribution in [0.1, 0.15) is 6.42 Å². The molecule has 1 heterocycles. The van der Waals surface area contributed by atoms with Crippen molar-refractivity contribution in [2.45, 2.75) is 18.6 Å². The molecular formula is C10H18F3N3O2. The van der Waals surface area contributed by atoms with Crippen LogP contribution in [0.2, 0.25) is 0 Å². The van der Waals surface area contributed by atoms with Gasteiger partial charge in [0.15, 0.2) is 0 Å². The van der Waals surface area contributed by atoms with E-state index in [2.05, 4.69) is 10.1 Å². The summed E-state index contributed by atoms with van der Waals surface area (Å²) in [6.45, 7) is 0.612. The Kier molecular flexibility index (Phi) is 5.83. The number of hydrogen-bond donors (Lipinski definition) is 2. The van der Waals surface area contributed by atoms with Crippen LogP contribution < -0.4 is 11.1 Å². The van der Waals surface area contributed by atoms with Gasteiger partial charge in [-0.25, -0.2) is 0 Å². The van der Waals surface area contributed by atoms with E-state index in [0.29, 0.717) is 26.2 Å². The summed E-state index contributed by atoms with van der Waals surface area (Å²) in [7, 11) is 0. The van der Waals surface area contributed by atoms with Crippen LogP contribution in [0.25, 0.3) is 0 Å². The van der Waals surface area contributed by atoms with Crippen molar-refractivity contribution in [3.05, 3.63) is 0 Å². The summed E-state index contributed by atoms with van der Waals surface area (Å²) < 4.78 is 39.8. The van der Waals surface area contributed by atoms with Crippen LogP contribution >= 0.6 is 0 Å². The first-order valence-electron chi connectivity index (χ1n) is 5.79. The first-order valence-corrected chi connectivity index (χ1v) is 5.79. The van der Waals surface area contributed by atoms with E-state index in [-0.39, 0.29) is 25.0 Å². The molecule has 3 N–H and O–H groups in total. The Morgan fingerprint density at radius 3 is 2.83 bits per heavy atom. The van der Waals surface area contributed by atoms with E-state index < -0.39 is 12.8 Å². The maximum atomic E-state index is 11.8. The van der Waals surface area contributed by atoms with Crippen molar-refractivity contribution >= 4 is 5.91 Å². The van der Waals surface area contributed by atoms with Crippen molar-refractivity contribution < 1.29 is 22.7 Å². The number of hydrogen-bond acceptors (Lipinski definition) is 4. The molecule has 1 atom stereocenters. The Bertz CT molecular complexity index is 274. The molecule has 106 valence electrons. The van der Waals surface area contributed by atoms with Gasteiger partial charge in [0.2, 0.25) is 5.91 Å². The van der Waals surface area contributed by atoms with Gasteiger partial charge in [0, 0.05) is 26.2 Å². The Morgan fingerprint density at radius 2 is 2.22 bits per heavy atom. The fourth-order valence-electron chi connectivity index (χ4n) is 1.79. The van der Waals surface area contributed by atoms with Crippen molar-refractivity contribution in [1.29, 1.82) is 0 Å². The summed E-state index contributed by atoms with van der Waals surface area (Å²) in [5.41, 5.74) is 5.53. The SMILES string of the molecule is NCC1CNCCN1C(=O)CCOCC(F)(F)F. The molecule has 0 bridgehead atoms. The number of alkyl halides is 3. The quantitative estimate of drug-likeness (QED) is 0.673. The number of piperazine rings is 1. The van der Waals surface area contributed by atoms with E-state index in [0.717, 1.165) is 0 Å². The Labute approximate surface area is 103 Å². The van der Waals surface area contributed by atoms with Gasteiger partial charge >= 0.3 is 6.18 Å². The minimum Gasteiger partial charge on any atom is -0.372 e. The first kappa shape index (κ1) is 15.2. The maximum Gasteiger partial charge on any atom is 0.411 e. The molecule has 0 aromatic carbocycles. The number of amides is 1. The number of nitrogens with one attached hydrogen (secondary N) is 1. The lowest BCUT2D eigenvalue weighted by atomic mass is 10.2. The van der Waals surface area contributed by atoms with Crippen LogP contribution in [0, 0.1) is 0 Å². The number of rotatable bonds is 5. The molecule has 1 aliphatic rings. The van der Waals surface area contributed by atoms with E-state index in [1.807, 2.05) is 0 Å². The smallest absolute Gasteiger partial charge is 0.372 e. The topological polar surface area (TPSA) is 67.6 Å². The van der Waals surface area contributed by atoms with Gasteiger partial charge in [-0.3, -0.25) is 4.79 Å². The zero-order valence-corrected chi connectivity index (χ0v) is 10.0. The molecule has 1 amide bonds. The number of ether oxygens (including phenoxy) is 1. The molecule has 5 nitrogen and oxygen atoms in total. The largest absolute Gasteiger partial charge is 0.411 e. The minimum atomic E-state index is -4.35. The molecule has 1 unspecified atom stereocenters. The molecule has 1 fully saturated rings. The van der Waals surface area contributed by atoms with Gasteiger partial charge < -0.3 is 20.7 Å². The van der Waals surface area contributed by atoms with Crippen molar-refractivity contribution in [2.75, 3.05) is 39.4 Å². The third-order valence-corrected chi connectivity index (χ3v) is 2.67. The Morgan fingerprint density at radius 1 is 1.50 bits per heavy atom. The summed E-state index contributed by atoms with van der Waals surface area (Å²) in [6, 6.07) is -0.0890. The lowest BCUT2D eigenvalue weighted by Crippen LogP contribution is -2.56. The zero-order valence-electron chi connectivity index (χ0n) is 10.0. The van der Waals surface area contributed by atoms with E-state index in [1.165, 1.54) is 0 Å². The Balaban J connectivity index is 2.27. The molecule has 0 aliphatic carbocycles. The molecule has 1 saturated heterocycles. The lowest BCUT2D eigenvalue weighted by Gasteiger charge is -2.35. The second-order valence-corrected chi connectivity index (χ2v) is 4.10. The normalized spacial score (nSPS) is 21.1. The molecule has 1 rings (SSSR count). The second-order valence-electron chi connectivity index (χ2n) is 4.10. The second kappa shape index (κ2) is 6.91. The Hall–Kier alpha value is -0.860. The highest BCUT2D eigenvalue weighted by molar-refractivity contribution is 5.76. The first-order chi connectivity index (χ1) is 8.44. The third-order valence-electron chi connectivity index (χ3n) is 2.67. The maximum absolute atomic E-state index is 11.8. The van der Waals surface area contributed by atoms with Crippen LogP contribution in [-0.2, 0) is 9.53 Å². The van der Waals surface area contributed by atoms with Crippen molar-refractivity contribution in [2.24, 2.45) is 5.73 Å². The highest BCUT2D eigenvalue weighted by atomic mass is 19.4. The number of nitrogens with zero attached hydrogens (tertiary/aromatic N) is 1. The molecule has 0 spiro atoms. The summed E-state index contributed by atoms with van der Waals surface area (Å²) in [6.07, 6.45) is -4.40. The molecule has 0 aromatic rings. The van der Waals surface area contributed by atoms with Crippen molar-refractivity contribution in [1.82, 2.24) is 10.2 Å². The van der Waals surface area contributed by atoms with Gasteiger partial charge in [0.1, 0.15) is 6.61 Å². The van der Waals surface area contributed by atoms with Gasteiger partial charge in [-0.1, -0.05) is 0 Å². The molecule has 0 aromatic heterocycles. The van der Waals surface area contributed by atoms with E-state index >= 15 is 0 Å². The average Bonchev–Trinajstić information content (AvgIpc) is 2.33. The summed E-state index contributed by atoms with van der Waals surface area (Å²) in [5.74, 6) is -0.214. The van der Waals surface area contributed by atoms with E-state index in [4.69, 9.17) is 5.73 Å². The van der Waals surface area contributed by atoms with Crippen LogP contribution in [0.15, 0.2) is 0 Å². The van der Waals surface area contributed by atoms with Crippen LogP contribution in [0.3, 0.4) is 0 Å². The monoisotopic (exact) mass is 269 g/mol. The molecular weight excluding hydrogens is 251 g/mol. The molecule has 1 aliphatic heterocycles. The average molecular weight is 269 g/mol. The van der Waals surface area contributed by atoms with Crippen molar-refractivity contribution in [3.8, 4) is 0 Å². The molecule has 0 saturated carbocycles. The number of carbonyl (C=O) groups excluding carboxylic acids is 1. The van der Waals surface area contributed by atoms with Crippen LogP contribution in [0.4, 0.5) is 13.2 Å². The van der Waals surface area contributed by atoms with Gasteiger partial charge in [0.05, 0.1) is 19.1 Å². The van der Waals surface area contributed by atoms with E-state index in [9.17, 15) is 18.0 Å².